The molecule has 0 radical (unpaired) electrons. The molecule has 1 heterocycles. The number of thiophene rings is 1. The van der Waals surface area contributed by atoms with E-state index < -0.39 is 0 Å². The van der Waals surface area contributed by atoms with Gasteiger partial charge in [0.15, 0.2) is 0 Å². The average molecular weight is 310 g/mol. The number of halogens is 1. The second-order valence-corrected chi connectivity index (χ2v) is 5.23. The summed E-state index contributed by atoms with van der Waals surface area (Å²) in [5.41, 5.74) is 6.22. The normalized spacial score (nSPS) is 10.1. The zero-order valence-electron chi connectivity index (χ0n) is 10.4. The summed E-state index contributed by atoms with van der Waals surface area (Å²) in [4.78, 5) is 23.7. The molecule has 104 valence electrons. The third-order valence-corrected chi connectivity index (χ3v) is 3.61. The molecule has 0 fully saturated rings. The maximum absolute atomic E-state index is 11.9. The zero-order chi connectivity index (χ0) is 14.5. The molecule has 0 atom stereocenters. The summed E-state index contributed by atoms with van der Waals surface area (Å²) in [7, 11) is 0. The molecule has 0 saturated carbocycles. The fourth-order valence-corrected chi connectivity index (χ4v) is 2.34. The lowest BCUT2D eigenvalue weighted by Crippen LogP contribution is -2.21. The first-order chi connectivity index (χ1) is 9.60. The zero-order valence-corrected chi connectivity index (χ0v) is 11.9. The van der Waals surface area contributed by atoms with Gasteiger partial charge in [-0.2, -0.15) is 0 Å². The highest BCUT2D eigenvalue weighted by atomic mass is 35.5. The Morgan fingerprint density at radius 2 is 2.05 bits per heavy atom. The first kappa shape index (κ1) is 14.5. The van der Waals surface area contributed by atoms with Crippen molar-refractivity contribution < 1.29 is 9.59 Å². The van der Waals surface area contributed by atoms with Crippen molar-refractivity contribution >= 4 is 46.1 Å². The van der Waals surface area contributed by atoms with Crippen molar-refractivity contribution in [2.24, 2.45) is 5.73 Å². The van der Waals surface area contributed by atoms with Gasteiger partial charge in [-0.05, 0) is 29.6 Å². The summed E-state index contributed by atoms with van der Waals surface area (Å²) >= 11 is 7.41. The van der Waals surface area contributed by atoms with Crippen LogP contribution in [0.3, 0.4) is 0 Å². The van der Waals surface area contributed by atoms with Crippen molar-refractivity contribution in [1.82, 2.24) is 0 Å². The number of hydrogen-bond acceptors (Lipinski definition) is 4. The van der Waals surface area contributed by atoms with Gasteiger partial charge < -0.3 is 16.4 Å². The van der Waals surface area contributed by atoms with Crippen molar-refractivity contribution in [3.05, 3.63) is 45.6 Å². The van der Waals surface area contributed by atoms with Gasteiger partial charge in [-0.15, -0.1) is 11.3 Å². The Morgan fingerprint density at radius 3 is 2.65 bits per heavy atom. The van der Waals surface area contributed by atoms with Gasteiger partial charge in [0.1, 0.15) is 0 Å². The van der Waals surface area contributed by atoms with Crippen LogP contribution < -0.4 is 16.4 Å². The summed E-state index contributed by atoms with van der Waals surface area (Å²) in [5, 5.41) is 7.45. The Balaban J connectivity index is 2.10. The van der Waals surface area contributed by atoms with E-state index in [0.717, 1.165) is 0 Å². The number of nitrogens with two attached hydrogens (primary N) is 1. The van der Waals surface area contributed by atoms with E-state index >= 15 is 0 Å². The molecular weight excluding hydrogens is 298 g/mol. The topological polar surface area (TPSA) is 84.2 Å². The summed E-state index contributed by atoms with van der Waals surface area (Å²) in [5.74, 6) is -0.530. The van der Waals surface area contributed by atoms with E-state index in [1.807, 2.05) is 5.38 Å². The van der Waals surface area contributed by atoms with E-state index in [9.17, 15) is 9.59 Å². The highest BCUT2D eigenvalue weighted by molar-refractivity contribution is 7.12. The van der Waals surface area contributed by atoms with Crippen molar-refractivity contribution in [3.63, 3.8) is 0 Å². The van der Waals surface area contributed by atoms with Crippen LogP contribution in [0.25, 0.3) is 0 Å². The largest absolute Gasteiger partial charge is 0.325 e. The second kappa shape index (κ2) is 6.51. The molecule has 0 aliphatic rings. The molecular formula is C13H12ClN3O2S. The fourth-order valence-electron chi connectivity index (χ4n) is 1.50. The molecule has 0 saturated heterocycles. The third kappa shape index (κ3) is 3.57. The Morgan fingerprint density at radius 1 is 1.25 bits per heavy atom. The minimum absolute atomic E-state index is 0.103. The van der Waals surface area contributed by atoms with E-state index in [0.29, 0.717) is 21.3 Å². The molecule has 4 N–H and O–H groups in total. The number of hydrogen-bond donors (Lipinski definition) is 3. The predicted octanol–water partition coefficient (Wildman–Crippen LogP) is 2.55. The highest BCUT2D eigenvalue weighted by Crippen LogP contribution is 2.26. The van der Waals surface area contributed by atoms with E-state index in [2.05, 4.69) is 10.6 Å². The SMILES string of the molecule is NCC(=O)Nc1ccc(NC(=O)c2cccs2)c(Cl)c1. The molecule has 0 bridgehead atoms. The van der Waals surface area contributed by atoms with Crippen molar-refractivity contribution in [2.75, 3.05) is 17.2 Å². The van der Waals surface area contributed by atoms with Crippen LogP contribution in [0, 0.1) is 0 Å². The second-order valence-electron chi connectivity index (χ2n) is 3.88. The van der Waals surface area contributed by atoms with Gasteiger partial charge in [0.25, 0.3) is 5.91 Å². The quantitative estimate of drug-likeness (QED) is 0.811. The van der Waals surface area contributed by atoms with Crippen LogP contribution in [0.1, 0.15) is 9.67 Å². The lowest BCUT2D eigenvalue weighted by molar-refractivity contribution is -0.114. The summed E-state index contributed by atoms with van der Waals surface area (Å²) < 4.78 is 0. The van der Waals surface area contributed by atoms with Crippen molar-refractivity contribution in [2.45, 2.75) is 0 Å². The Labute approximate surface area is 124 Å². The van der Waals surface area contributed by atoms with E-state index in [1.54, 1.807) is 30.3 Å². The van der Waals surface area contributed by atoms with Gasteiger partial charge in [0.2, 0.25) is 5.91 Å². The predicted molar refractivity (Wildman–Crippen MR) is 81.4 cm³/mol. The van der Waals surface area contributed by atoms with E-state index in [4.69, 9.17) is 17.3 Å². The van der Waals surface area contributed by atoms with Crippen LogP contribution in [0.15, 0.2) is 35.7 Å². The third-order valence-electron chi connectivity index (χ3n) is 2.43. The van der Waals surface area contributed by atoms with Gasteiger partial charge in [-0.1, -0.05) is 17.7 Å². The number of benzene rings is 1. The Hall–Kier alpha value is -1.89. The number of rotatable bonds is 4. The number of anilines is 2. The highest BCUT2D eigenvalue weighted by Gasteiger charge is 2.10. The van der Waals surface area contributed by atoms with Gasteiger partial charge in [-0.25, -0.2) is 0 Å². The maximum Gasteiger partial charge on any atom is 0.265 e. The van der Waals surface area contributed by atoms with Gasteiger partial charge in [-0.3, -0.25) is 9.59 Å². The van der Waals surface area contributed by atoms with Crippen LogP contribution in [-0.4, -0.2) is 18.4 Å². The Bertz CT molecular complexity index is 629. The first-order valence-corrected chi connectivity index (χ1v) is 7.00. The molecule has 20 heavy (non-hydrogen) atoms. The molecule has 2 rings (SSSR count). The van der Waals surface area contributed by atoms with Crippen LogP contribution in [-0.2, 0) is 4.79 Å². The minimum Gasteiger partial charge on any atom is -0.325 e. The molecule has 2 aromatic rings. The van der Waals surface area contributed by atoms with E-state index in [1.165, 1.54) is 11.3 Å². The summed E-state index contributed by atoms with van der Waals surface area (Å²) in [6.45, 7) is -0.103. The monoisotopic (exact) mass is 309 g/mol. The number of amides is 2. The number of carbonyl (C=O) groups is 2. The summed E-state index contributed by atoms with van der Waals surface area (Å²) in [6, 6.07) is 8.35. The van der Waals surface area contributed by atoms with Gasteiger partial charge in [0, 0.05) is 5.69 Å². The molecule has 5 nitrogen and oxygen atoms in total. The van der Waals surface area contributed by atoms with Crippen LogP contribution in [0.2, 0.25) is 5.02 Å². The smallest absolute Gasteiger partial charge is 0.265 e. The molecule has 1 aromatic heterocycles. The molecule has 2 amide bonds. The van der Waals surface area contributed by atoms with Crippen molar-refractivity contribution in [3.8, 4) is 0 Å². The lowest BCUT2D eigenvalue weighted by atomic mass is 10.2. The molecule has 0 aliphatic carbocycles. The van der Waals surface area contributed by atoms with Gasteiger partial charge in [0.05, 0.1) is 22.1 Å². The maximum atomic E-state index is 11.9. The van der Waals surface area contributed by atoms with Crippen molar-refractivity contribution in [1.29, 1.82) is 0 Å². The first-order valence-electron chi connectivity index (χ1n) is 5.74. The molecule has 0 spiro atoms. The Kier molecular flexibility index (Phi) is 4.73. The molecule has 0 unspecified atom stereocenters. The molecule has 7 heteroatoms. The minimum atomic E-state index is -0.309. The van der Waals surface area contributed by atoms with E-state index in [-0.39, 0.29) is 18.4 Å². The lowest BCUT2D eigenvalue weighted by Gasteiger charge is -2.09. The average Bonchev–Trinajstić information content (AvgIpc) is 2.95. The summed E-state index contributed by atoms with van der Waals surface area (Å²) in [6.07, 6.45) is 0. The fraction of sp³-hybridized carbons (Fsp3) is 0.0769. The van der Waals surface area contributed by atoms with Crippen LogP contribution in [0.4, 0.5) is 11.4 Å². The van der Waals surface area contributed by atoms with Gasteiger partial charge >= 0.3 is 0 Å². The molecule has 0 aliphatic heterocycles. The molecule has 1 aromatic carbocycles. The number of nitrogens with one attached hydrogen (secondary N) is 2. The van der Waals surface area contributed by atoms with Crippen LogP contribution in [0.5, 0.6) is 0 Å². The van der Waals surface area contributed by atoms with Crippen LogP contribution >= 0.6 is 22.9 Å². The number of carbonyl (C=O) groups excluding carboxylic acids is 2. The standard InChI is InChI=1S/C13H12ClN3O2S/c14-9-6-8(16-12(18)7-15)3-4-10(9)17-13(19)11-2-1-5-20-11/h1-6H,7,15H2,(H,16,18)(H,17,19).